The van der Waals surface area contributed by atoms with Crippen LogP contribution in [0.2, 0.25) is 0 Å². The normalized spacial score (nSPS) is 17.3. The first kappa shape index (κ1) is 21.8. The molecule has 0 spiro atoms. The molecule has 1 N–H and O–H groups in total. The molecule has 0 amide bonds. The van der Waals surface area contributed by atoms with Crippen molar-refractivity contribution in [3.8, 4) is 17.2 Å². The zero-order chi connectivity index (χ0) is 22.5. The monoisotopic (exact) mass is 446 g/mol. The average molecular weight is 447 g/mol. The number of hydrogen-bond donors (Lipinski definition) is 1. The van der Waals surface area contributed by atoms with Crippen LogP contribution in [0.1, 0.15) is 17.2 Å². The van der Waals surface area contributed by atoms with Crippen LogP contribution >= 0.6 is 0 Å². The SMILES string of the molecule is O[C@H](COc1ccc2c(c1)OCO2)CN1CCN(C(c2ccccc2)c2ccccc2)CC1. The number of benzene rings is 3. The van der Waals surface area contributed by atoms with Gasteiger partial charge < -0.3 is 19.3 Å². The van der Waals surface area contributed by atoms with Crippen molar-refractivity contribution >= 4 is 0 Å². The second kappa shape index (κ2) is 10.3. The van der Waals surface area contributed by atoms with Gasteiger partial charge in [0.25, 0.3) is 0 Å². The van der Waals surface area contributed by atoms with E-state index in [1.807, 2.05) is 12.1 Å². The largest absolute Gasteiger partial charge is 0.491 e. The first-order valence-electron chi connectivity index (χ1n) is 11.5. The fourth-order valence-corrected chi connectivity index (χ4v) is 4.60. The Bertz CT molecular complexity index is 983. The third kappa shape index (κ3) is 5.30. The number of piperazine rings is 1. The van der Waals surface area contributed by atoms with Crippen LogP contribution in [-0.2, 0) is 0 Å². The van der Waals surface area contributed by atoms with Crippen LogP contribution in [-0.4, -0.2) is 67.1 Å². The van der Waals surface area contributed by atoms with Crippen LogP contribution in [0.15, 0.2) is 78.9 Å². The number of hydrogen-bond acceptors (Lipinski definition) is 6. The second-order valence-corrected chi connectivity index (χ2v) is 8.54. The van der Waals surface area contributed by atoms with Gasteiger partial charge in [-0.05, 0) is 23.3 Å². The van der Waals surface area contributed by atoms with E-state index < -0.39 is 6.10 Å². The summed E-state index contributed by atoms with van der Waals surface area (Å²) in [6.07, 6.45) is -0.555. The quantitative estimate of drug-likeness (QED) is 0.571. The minimum absolute atomic E-state index is 0.239. The molecule has 0 radical (unpaired) electrons. The third-order valence-electron chi connectivity index (χ3n) is 6.26. The van der Waals surface area contributed by atoms with Gasteiger partial charge in [0.1, 0.15) is 18.5 Å². The number of rotatable bonds is 8. The van der Waals surface area contributed by atoms with E-state index in [1.165, 1.54) is 11.1 Å². The summed E-state index contributed by atoms with van der Waals surface area (Å²) in [6.45, 7) is 4.81. The van der Waals surface area contributed by atoms with Crippen molar-refractivity contribution in [3.05, 3.63) is 90.0 Å². The van der Waals surface area contributed by atoms with Gasteiger partial charge >= 0.3 is 0 Å². The lowest BCUT2D eigenvalue weighted by atomic mass is 9.96. The molecule has 6 heteroatoms. The van der Waals surface area contributed by atoms with Gasteiger partial charge in [-0.1, -0.05) is 60.7 Å². The molecular formula is C27H30N2O4. The first-order chi connectivity index (χ1) is 16.3. The van der Waals surface area contributed by atoms with Crippen LogP contribution in [0.3, 0.4) is 0 Å². The third-order valence-corrected chi connectivity index (χ3v) is 6.26. The minimum Gasteiger partial charge on any atom is -0.491 e. The Hall–Kier alpha value is -3.06. The summed E-state index contributed by atoms with van der Waals surface area (Å²) >= 11 is 0. The van der Waals surface area contributed by atoms with Gasteiger partial charge in [0.05, 0.1) is 6.04 Å². The lowest BCUT2D eigenvalue weighted by Gasteiger charge is -2.40. The van der Waals surface area contributed by atoms with Crippen molar-refractivity contribution in [2.75, 3.05) is 46.1 Å². The molecule has 2 aliphatic rings. The number of aliphatic hydroxyl groups excluding tert-OH is 1. The zero-order valence-electron chi connectivity index (χ0n) is 18.7. The van der Waals surface area contributed by atoms with Gasteiger partial charge in [0.2, 0.25) is 6.79 Å². The van der Waals surface area contributed by atoms with E-state index in [-0.39, 0.29) is 19.4 Å². The van der Waals surface area contributed by atoms with Gasteiger partial charge in [-0.2, -0.15) is 0 Å². The summed E-state index contributed by atoms with van der Waals surface area (Å²) in [6, 6.07) is 27.1. The van der Waals surface area contributed by atoms with E-state index in [0.29, 0.717) is 18.0 Å². The fraction of sp³-hybridized carbons (Fsp3) is 0.333. The maximum atomic E-state index is 10.6. The molecule has 2 aliphatic heterocycles. The maximum Gasteiger partial charge on any atom is 0.231 e. The van der Waals surface area contributed by atoms with E-state index in [0.717, 1.165) is 31.9 Å². The highest BCUT2D eigenvalue weighted by Gasteiger charge is 2.27. The lowest BCUT2D eigenvalue weighted by Crippen LogP contribution is -2.50. The molecule has 0 aromatic heterocycles. The molecular weight excluding hydrogens is 416 g/mol. The average Bonchev–Trinajstić information content (AvgIpc) is 3.33. The zero-order valence-corrected chi connectivity index (χ0v) is 18.7. The first-order valence-corrected chi connectivity index (χ1v) is 11.5. The number of ether oxygens (including phenoxy) is 3. The summed E-state index contributed by atoms with van der Waals surface area (Å²) in [5, 5.41) is 10.6. The molecule has 172 valence electrons. The summed E-state index contributed by atoms with van der Waals surface area (Å²) < 4.78 is 16.5. The molecule has 3 aromatic carbocycles. The summed E-state index contributed by atoms with van der Waals surface area (Å²) in [5.74, 6) is 2.09. The van der Waals surface area contributed by atoms with Crippen molar-refractivity contribution in [1.82, 2.24) is 9.80 Å². The van der Waals surface area contributed by atoms with Crippen molar-refractivity contribution in [2.45, 2.75) is 12.1 Å². The second-order valence-electron chi connectivity index (χ2n) is 8.54. The highest BCUT2D eigenvalue weighted by Crippen LogP contribution is 2.35. The van der Waals surface area contributed by atoms with Gasteiger partial charge in [0.15, 0.2) is 11.5 Å². The van der Waals surface area contributed by atoms with Crippen LogP contribution in [0, 0.1) is 0 Å². The van der Waals surface area contributed by atoms with E-state index in [1.54, 1.807) is 6.07 Å². The van der Waals surface area contributed by atoms with Crippen LogP contribution < -0.4 is 14.2 Å². The van der Waals surface area contributed by atoms with Crippen molar-refractivity contribution < 1.29 is 19.3 Å². The highest BCUT2D eigenvalue weighted by molar-refractivity contribution is 5.46. The highest BCUT2D eigenvalue weighted by atomic mass is 16.7. The standard InChI is InChI=1S/C27H30N2O4/c30-23(19-31-24-11-12-25-26(17-24)33-20-32-25)18-28-13-15-29(16-14-28)27(21-7-3-1-4-8-21)22-9-5-2-6-10-22/h1-12,17,23,27,30H,13-16,18-20H2/t23-/m0/s1. The number of aliphatic hydroxyl groups is 1. The van der Waals surface area contributed by atoms with Gasteiger partial charge in [0, 0.05) is 38.8 Å². The number of fused-ring (bicyclic) bond motifs is 1. The molecule has 33 heavy (non-hydrogen) atoms. The predicted octanol–water partition coefficient (Wildman–Crippen LogP) is 3.56. The number of β-amino-alcohol motifs (C(OH)–C–C–N with tert-alkyl or cyclic N) is 1. The van der Waals surface area contributed by atoms with Crippen LogP contribution in [0.25, 0.3) is 0 Å². The Morgan fingerprint density at radius 1 is 0.788 bits per heavy atom. The van der Waals surface area contributed by atoms with Gasteiger partial charge in [-0.25, -0.2) is 0 Å². The molecule has 0 aliphatic carbocycles. The van der Waals surface area contributed by atoms with Crippen LogP contribution in [0.5, 0.6) is 17.2 Å². The van der Waals surface area contributed by atoms with E-state index in [4.69, 9.17) is 14.2 Å². The number of nitrogens with zero attached hydrogens (tertiary/aromatic N) is 2. The summed E-state index contributed by atoms with van der Waals surface area (Å²) in [4.78, 5) is 4.86. The molecule has 6 nitrogen and oxygen atoms in total. The van der Waals surface area contributed by atoms with Crippen molar-refractivity contribution in [2.24, 2.45) is 0 Å². The van der Waals surface area contributed by atoms with Crippen LogP contribution in [0.4, 0.5) is 0 Å². The van der Waals surface area contributed by atoms with E-state index in [9.17, 15) is 5.11 Å². The molecule has 3 aromatic rings. The maximum absolute atomic E-state index is 10.6. The van der Waals surface area contributed by atoms with E-state index in [2.05, 4.69) is 70.5 Å². The van der Waals surface area contributed by atoms with Gasteiger partial charge in [-0.3, -0.25) is 9.80 Å². The molecule has 1 saturated heterocycles. The Morgan fingerprint density at radius 2 is 1.42 bits per heavy atom. The molecule has 1 atom stereocenters. The smallest absolute Gasteiger partial charge is 0.231 e. The molecule has 0 saturated carbocycles. The Labute approximate surface area is 194 Å². The lowest BCUT2D eigenvalue weighted by molar-refractivity contribution is 0.0400. The molecule has 5 rings (SSSR count). The Kier molecular flexibility index (Phi) is 6.76. The predicted molar refractivity (Wildman–Crippen MR) is 127 cm³/mol. The van der Waals surface area contributed by atoms with E-state index >= 15 is 0 Å². The summed E-state index contributed by atoms with van der Waals surface area (Å²) in [5.41, 5.74) is 2.63. The Balaban J connectivity index is 1.14. The van der Waals surface area contributed by atoms with Gasteiger partial charge in [-0.15, -0.1) is 0 Å². The minimum atomic E-state index is -0.555. The molecule has 0 bridgehead atoms. The fourth-order valence-electron chi connectivity index (χ4n) is 4.60. The van der Waals surface area contributed by atoms with Crippen molar-refractivity contribution in [3.63, 3.8) is 0 Å². The molecule has 1 fully saturated rings. The summed E-state index contributed by atoms with van der Waals surface area (Å²) in [7, 11) is 0. The Morgan fingerprint density at radius 3 is 2.09 bits per heavy atom. The molecule has 2 heterocycles. The van der Waals surface area contributed by atoms with Crippen molar-refractivity contribution in [1.29, 1.82) is 0 Å². The topological polar surface area (TPSA) is 54.4 Å². The molecule has 0 unspecified atom stereocenters.